The highest BCUT2D eigenvalue weighted by Crippen LogP contribution is 2.17. The van der Waals surface area contributed by atoms with Crippen molar-refractivity contribution in [2.45, 2.75) is 25.4 Å². The van der Waals surface area contributed by atoms with Gasteiger partial charge < -0.3 is 9.64 Å². The number of carbonyl (C=O) groups is 1. The average Bonchev–Trinajstić information content (AvgIpc) is 2.58. The molecule has 120 valence electrons. The molecule has 1 aliphatic rings. The molecule has 1 fully saturated rings. The van der Waals surface area contributed by atoms with E-state index in [1.165, 1.54) is 6.07 Å². The molecule has 6 heteroatoms. The molecule has 0 spiro atoms. The zero-order chi connectivity index (χ0) is 16.1. The number of carbonyl (C=O) groups excluding carboxylic acids is 1. The van der Waals surface area contributed by atoms with Crippen LogP contribution in [0.25, 0.3) is 0 Å². The van der Waals surface area contributed by atoms with Crippen LogP contribution in [-0.2, 0) is 11.2 Å². The number of hydrogen-bond acceptors (Lipinski definition) is 4. The summed E-state index contributed by atoms with van der Waals surface area (Å²) in [6.45, 7) is 1.16. The number of aromatic nitrogens is 2. The molecule has 2 heterocycles. The fraction of sp³-hybridized carbons (Fsp3) is 0.353. The van der Waals surface area contributed by atoms with Gasteiger partial charge in [0.05, 0.1) is 19.2 Å². The molecule has 1 aromatic carbocycles. The quantitative estimate of drug-likeness (QED) is 0.868. The van der Waals surface area contributed by atoms with Crippen LogP contribution in [0.15, 0.2) is 42.9 Å². The van der Waals surface area contributed by atoms with Crippen LogP contribution in [0.5, 0.6) is 5.88 Å². The van der Waals surface area contributed by atoms with Crippen LogP contribution < -0.4 is 4.74 Å². The molecule has 3 rings (SSSR count). The third-order valence-electron chi connectivity index (χ3n) is 3.86. The highest BCUT2D eigenvalue weighted by Gasteiger charge is 2.25. The number of likely N-dealkylation sites (tertiary alicyclic amines) is 1. The van der Waals surface area contributed by atoms with Crippen molar-refractivity contribution in [2.75, 3.05) is 13.1 Å². The summed E-state index contributed by atoms with van der Waals surface area (Å²) in [5.41, 5.74) is 0.425. The Labute approximate surface area is 134 Å². The van der Waals surface area contributed by atoms with E-state index in [0.717, 1.165) is 12.8 Å². The molecular formula is C17H18FN3O2. The van der Waals surface area contributed by atoms with Crippen molar-refractivity contribution >= 4 is 5.91 Å². The summed E-state index contributed by atoms with van der Waals surface area (Å²) in [5.74, 6) is 0.0358. The lowest BCUT2D eigenvalue weighted by atomic mass is 10.1. The Morgan fingerprint density at radius 1 is 1.35 bits per heavy atom. The molecule has 0 saturated carbocycles. The van der Waals surface area contributed by atoms with Gasteiger partial charge in [0, 0.05) is 18.9 Å². The second-order valence-corrected chi connectivity index (χ2v) is 5.53. The summed E-state index contributed by atoms with van der Waals surface area (Å²) in [5, 5.41) is 0. The second-order valence-electron chi connectivity index (χ2n) is 5.53. The predicted octanol–water partition coefficient (Wildman–Crippen LogP) is 2.23. The molecule has 1 amide bonds. The zero-order valence-corrected chi connectivity index (χ0v) is 12.7. The lowest BCUT2D eigenvalue weighted by Crippen LogP contribution is -2.45. The Morgan fingerprint density at radius 2 is 2.22 bits per heavy atom. The lowest BCUT2D eigenvalue weighted by molar-refractivity contribution is -0.133. The Morgan fingerprint density at radius 3 is 3.00 bits per heavy atom. The fourth-order valence-electron chi connectivity index (χ4n) is 2.69. The van der Waals surface area contributed by atoms with E-state index in [1.54, 1.807) is 41.7 Å². The van der Waals surface area contributed by atoms with Gasteiger partial charge in [0.1, 0.15) is 11.9 Å². The molecule has 5 nitrogen and oxygen atoms in total. The van der Waals surface area contributed by atoms with Gasteiger partial charge in [0.2, 0.25) is 11.8 Å². The lowest BCUT2D eigenvalue weighted by Gasteiger charge is -2.32. The Hall–Kier alpha value is -2.50. The molecule has 2 aromatic rings. The van der Waals surface area contributed by atoms with Crippen LogP contribution in [0, 0.1) is 5.82 Å². The van der Waals surface area contributed by atoms with E-state index in [-0.39, 0.29) is 24.2 Å². The van der Waals surface area contributed by atoms with Gasteiger partial charge in [-0.1, -0.05) is 18.2 Å². The van der Waals surface area contributed by atoms with Crippen molar-refractivity contribution < 1.29 is 13.9 Å². The van der Waals surface area contributed by atoms with Crippen LogP contribution in [0.3, 0.4) is 0 Å². The van der Waals surface area contributed by atoms with E-state index in [2.05, 4.69) is 9.97 Å². The number of benzene rings is 1. The molecular weight excluding hydrogens is 297 g/mol. The minimum absolute atomic E-state index is 0.0739. The molecule has 1 atom stereocenters. The van der Waals surface area contributed by atoms with Gasteiger partial charge >= 0.3 is 0 Å². The smallest absolute Gasteiger partial charge is 0.232 e. The summed E-state index contributed by atoms with van der Waals surface area (Å²) in [4.78, 5) is 22.2. The van der Waals surface area contributed by atoms with Crippen LogP contribution in [-0.4, -0.2) is 40.0 Å². The maximum Gasteiger partial charge on any atom is 0.232 e. The fourth-order valence-corrected chi connectivity index (χ4v) is 2.69. The highest BCUT2D eigenvalue weighted by atomic mass is 19.1. The van der Waals surface area contributed by atoms with Crippen molar-refractivity contribution in [1.29, 1.82) is 0 Å². The first-order valence-corrected chi connectivity index (χ1v) is 7.66. The van der Waals surface area contributed by atoms with Crippen molar-refractivity contribution in [2.24, 2.45) is 0 Å². The number of amides is 1. The largest absolute Gasteiger partial charge is 0.471 e. The minimum Gasteiger partial charge on any atom is -0.471 e. The normalized spacial score (nSPS) is 17.8. The van der Waals surface area contributed by atoms with Crippen LogP contribution in [0.2, 0.25) is 0 Å². The van der Waals surface area contributed by atoms with Crippen molar-refractivity contribution in [3.05, 3.63) is 54.2 Å². The number of nitrogens with zero attached hydrogens (tertiary/aromatic N) is 3. The molecule has 0 aliphatic carbocycles. The molecule has 1 saturated heterocycles. The van der Waals surface area contributed by atoms with E-state index in [9.17, 15) is 9.18 Å². The van der Waals surface area contributed by atoms with Gasteiger partial charge in [0.15, 0.2) is 0 Å². The Balaban J connectivity index is 1.59. The molecule has 23 heavy (non-hydrogen) atoms. The van der Waals surface area contributed by atoms with Gasteiger partial charge in [-0.2, -0.15) is 0 Å². The Kier molecular flexibility index (Phi) is 4.80. The SMILES string of the molecule is O=C(Cc1ccccc1F)N1CCC[C@H](Oc2cnccn2)C1. The highest BCUT2D eigenvalue weighted by molar-refractivity contribution is 5.79. The summed E-state index contributed by atoms with van der Waals surface area (Å²) >= 11 is 0. The van der Waals surface area contributed by atoms with Crippen LogP contribution in [0.4, 0.5) is 4.39 Å². The number of ether oxygens (including phenoxy) is 1. The van der Waals surface area contributed by atoms with E-state index < -0.39 is 0 Å². The van der Waals surface area contributed by atoms with Gasteiger partial charge in [-0.05, 0) is 24.5 Å². The standard InChI is InChI=1S/C17H18FN3O2/c18-15-6-2-1-4-13(15)10-17(22)21-9-3-5-14(12-21)23-16-11-19-7-8-20-16/h1-2,4,6-8,11,14H,3,5,9-10,12H2/t14-/m0/s1. The molecule has 0 unspecified atom stereocenters. The Bertz CT molecular complexity index is 666. The minimum atomic E-state index is -0.342. The van der Waals surface area contributed by atoms with E-state index in [0.29, 0.717) is 24.5 Å². The molecule has 0 radical (unpaired) electrons. The van der Waals surface area contributed by atoms with Gasteiger partial charge in [-0.25, -0.2) is 9.37 Å². The average molecular weight is 315 g/mol. The molecule has 1 aliphatic heterocycles. The topological polar surface area (TPSA) is 55.3 Å². The first kappa shape index (κ1) is 15.4. The third-order valence-corrected chi connectivity index (χ3v) is 3.86. The summed E-state index contributed by atoms with van der Waals surface area (Å²) in [6, 6.07) is 6.38. The maximum atomic E-state index is 13.7. The van der Waals surface area contributed by atoms with Gasteiger partial charge in [-0.15, -0.1) is 0 Å². The second kappa shape index (κ2) is 7.17. The summed E-state index contributed by atoms with van der Waals surface area (Å²) < 4.78 is 19.4. The predicted molar refractivity (Wildman–Crippen MR) is 82.4 cm³/mol. The monoisotopic (exact) mass is 315 g/mol. The zero-order valence-electron chi connectivity index (χ0n) is 12.7. The van der Waals surface area contributed by atoms with E-state index in [1.807, 2.05) is 0 Å². The number of halogens is 1. The molecule has 0 bridgehead atoms. The first-order chi connectivity index (χ1) is 11.2. The van der Waals surface area contributed by atoms with Gasteiger partial charge in [0.25, 0.3) is 0 Å². The molecule has 1 aromatic heterocycles. The number of rotatable bonds is 4. The van der Waals surface area contributed by atoms with Crippen molar-refractivity contribution in [3.63, 3.8) is 0 Å². The third kappa shape index (κ3) is 4.03. The first-order valence-electron chi connectivity index (χ1n) is 7.66. The van der Waals surface area contributed by atoms with Crippen molar-refractivity contribution in [3.8, 4) is 5.88 Å². The van der Waals surface area contributed by atoms with Crippen molar-refractivity contribution in [1.82, 2.24) is 14.9 Å². The number of piperidine rings is 1. The summed E-state index contributed by atoms with van der Waals surface area (Å²) in [7, 11) is 0. The van der Waals surface area contributed by atoms with Gasteiger partial charge in [-0.3, -0.25) is 9.78 Å². The number of hydrogen-bond donors (Lipinski definition) is 0. The van der Waals surface area contributed by atoms with E-state index in [4.69, 9.17) is 4.74 Å². The summed E-state index contributed by atoms with van der Waals surface area (Å²) in [6.07, 6.45) is 6.39. The maximum absolute atomic E-state index is 13.7. The molecule has 0 N–H and O–H groups in total. The van der Waals surface area contributed by atoms with Crippen LogP contribution >= 0.6 is 0 Å². The van der Waals surface area contributed by atoms with Crippen LogP contribution in [0.1, 0.15) is 18.4 Å². The van der Waals surface area contributed by atoms with E-state index >= 15 is 0 Å².